The molecule has 0 saturated carbocycles. The fraction of sp³-hybridized carbons (Fsp3) is 0.200. The first-order valence-electron chi connectivity index (χ1n) is 3.35. The van der Waals surface area contributed by atoms with E-state index >= 15 is 0 Å². The van der Waals surface area contributed by atoms with Crippen LogP contribution in [0.4, 0.5) is 0 Å². The SMILES string of the molecule is C[C@@H](O)[CH][CH][CH][CH]C=O.[C-]#[O+].[C-]#[O+].[C-]#[O+].[Fe]. The van der Waals surface area contributed by atoms with Crippen molar-refractivity contribution < 1.29 is 40.9 Å². The molecule has 1 atom stereocenters. The van der Waals surface area contributed by atoms with E-state index in [9.17, 15) is 4.79 Å². The molecule has 5 nitrogen and oxygen atoms in total. The van der Waals surface area contributed by atoms with Gasteiger partial charge in [0.2, 0.25) is 0 Å². The summed E-state index contributed by atoms with van der Waals surface area (Å²) in [7, 11) is 0. The fourth-order valence-electron chi connectivity index (χ4n) is 0.334. The van der Waals surface area contributed by atoms with Gasteiger partial charge in [-0.05, 0) is 26.2 Å². The number of aliphatic hydroxyl groups excluding tert-OH is 1. The van der Waals surface area contributed by atoms with Crippen molar-refractivity contribution in [2.75, 3.05) is 0 Å². The monoisotopic (exact) mass is 266 g/mol. The number of aldehydes is 1. The minimum atomic E-state index is -0.443. The first-order chi connectivity index (χ1) is 7.27. The first kappa shape index (κ1) is 29.5. The second kappa shape index (κ2) is 47.3. The van der Waals surface area contributed by atoms with E-state index in [1.807, 2.05) is 0 Å². The molecule has 0 aliphatic carbocycles. The van der Waals surface area contributed by atoms with Gasteiger partial charge in [0.05, 0.1) is 6.10 Å². The second-order valence-corrected chi connectivity index (χ2v) is 1.65. The fourth-order valence-corrected chi connectivity index (χ4v) is 0.334. The largest absolute Gasteiger partial charge is 0 e. The molecule has 0 bridgehead atoms. The minimum absolute atomic E-state index is 0. The topological polar surface area (TPSA) is 97.0 Å². The predicted octanol–water partition coefficient (Wildman–Crippen LogP) is 0.268. The summed E-state index contributed by atoms with van der Waals surface area (Å²) >= 11 is 0. The van der Waals surface area contributed by atoms with Crippen LogP contribution < -0.4 is 0 Å². The van der Waals surface area contributed by atoms with Crippen molar-refractivity contribution in [2.45, 2.75) is 13.0 Å². The van der Waals surface area contributed by atoms with Crippen LogP contribution in [0, 0.1) is 45.6 Å². The van der Waals surface area contributed by atoms with Crippen LogP contribution >= 0.6 is 0 Å². The van der Waals surface area contributed by atoms with Crippen molar-refractivity contribution >= 4 is 6.29 Å². The van der Waals surface area contributed by atoms with Crippen molar-refractivity contribution in [2.24, 2.45) is 0 Å². The van der Waals surface area contributed by atoms with Crippen LogP contribution in [-0.2, 0) is 35.8 Å². The molecular weight excluding hydrogens is 256 g/mol. The van der Waals surface area contributed by atoms with E-state index in [0.717, 1.165) is 0 Å². The number of aliphatic hydroxyl groups is 1. The third kappa shape index (κ3) is 71.0. The van der Waals surface area contributed by atoms with Crippen LogP contribution in [0.5, 0.6) is 0 Å². The summed E-state index contributed by atoms with van der Waals surface area (Å²) in [6, 6.07) is 0. The minimum Gasteiger partial charge on any atom is 0 e. The average Bonchev–Trinajstić information content (AvgIpc) is 2.32. The van der Waals surface area contributed by atoms with Gasteiger partial charge in [-0.25, -0.2) is 0 Å². The van der Waals surface area contributed by atoms with Gasteiger partial charge >= 0.3 is 33.9 Å². The third-order valence-corrected chi connectivity index (χ3v) is 0.690. The maximum Gasteiger partial charge on any atom is 0 e. The van der Waals surface area contributed by atoms with Gasteiger partial charge in [0.1, 0.15) is 6.29 Å². The van der Waals surface area contributed by atoms with Gasteiger partial charge in [-0.3, -0.25) is 0 Å². The molecular formula is C10H10FeO5. The molecule has 16 heavy (non-hydrogen) atoms. The molecule has 6 heteroatoms. The Balaban J connectivity index is -0.0000000498. The Hall–Kier alpha value is -0.631. The number of hydrogen-bond donors (Lipinski definition) is 1. The number of unbranched alkanes of at least 4 members (excludes halogenated alkanes) is 2. The molecule has 0 fully saturated rings. The zero-order valence-corrected chi connectivity index (χ0v) is 9.50. The number of rotatable bonds is 5. The molecule has 88 valence electrons. The van der Waals surface area contributed by atoms with Crippen LogP contribution in [0.1, 0.15) is 6.92 Å². The summed E-state index contributed by atoms with van der Waals surface area (Å²) in [5.41, 5.74) is 0. The van der Waals surface area contributed by atoms with Crippen LogP contribution in [-0.4, -0.2) is 17.5 Å². The van der Waals surface area contributed by atoms with Gasteiger partial charge in [-0.2, -0.15) is 0 Å². The van der Waals surface area contributed by atoms with Gasteiger partial charge in [0.15, 0.2) is 0 Å². The molecule has 0 unspecified atom stereocenters. The molecule has 1 N–H and O–H groups in total. The van der Waals surface area contributed by atoms with Crippen molar-refractivity contribution in [3.63, 3.8) is 0 Å². The molecule has 0 aromatic carbocycles. The Kier molecular flexibility index (Phi) is 87.2. The van der Waals surface area contributed by atoms with Gasteiger partial charge in [0, 0.05) is 23.5 Å². The van der Waals surface area contributed by atoms with E-state index in [-0.39, 0.29) is 17.1 Å². The van der Waals surface area contributed by atoms with E-state index in [1.54, 1.807) is 26.2 Å². The maximum atomic E-state index is 9.67. The summed E-state index contributed by atoms with van der Waals surface area (Å²) in [6.07, 6.45) is 6.38. The third-order valence-electron chi connectivity index (χ3n) is 0.690. The Bertz CT molecular complexity index is 148. The summed E-state index contributed by atoms with van der Waals surface area (Å²) < 4.78 is 22.5. The van der Waals surface area contributed by atoms with Gasteiger partial charge < -0.3 is 9.90 Å². The summed E-state index contributed by atoms with van der Waals surface area (Å²) in [4.78, 5) is 9.67. The second-order valence-electron chi connectivity index (χ2n) is 1.65. The van der Waals surface area contributed by atoms with E-state index in [1.165, 1.54) is 6.42 Å². The standard InChI is InChI=1S/C7H10O2.3CO.Fe/c1-7(9)5-3-2-4-6-8;3*1-2;/h2-7,9H,1H3;;;;/t7-;;;;/m1..../s1. The Morgan fingerprint density at radius 2 is 1.38 bits per heavy atom. The molecule has 0 aromatic heterocycles. The molecule has 0 spiro atoms. The molecule has 0 aliphatic heterocycles. The number of carbonyl (C=O) groups excluding carboxylic acids is 1. The van der Waals surface area contributed by atoms with Crippen molar-refractivity contribution in [3.8, 4) is 0 Å². The molecule has 0 amide bonds. The van der Waals surface area contributed by atoms with Crippen molar-refractivity contribution in [1.82, 2.24) is 0 Å². The molecule has 0 rings (SSSR count). The normalized spacial score (nSPS) is 7.75. The molecule has 0 saturated heterocycles. The zero-order chi connectivity index (χ0) is 13.1. The van der Waals surface area contributed by atoms with Gasteiger partial charge in [-0.15, -0.1) is 0 Å². The molecule has 0 aliphatic rings. The Morgan fingerprint density at radius 3 is 1.62 bits per heavy atom. The van der Waals surface area contributed by atoms with Gasteiger partial charge in [-0.1, -0.05) is 0 Å². The zero-order valence-electron chi connectivity index (χ0n) is 8.40. The van der Waals surface area contributed by atoms with E-state index in [0.29, 0.717) is 6.29 Å². The number of hydrogen-bond acceptors (Lipinski definition) is 2. The summed E-state index contributed by atoms with van der Waals surface area (Å²) in [6.45, 7) is 15.1. The first-order valence-corrected chi connectivity index (χ1v) is 3.35. The van der Waals surface area contributed by atoms with Crippen LogP contribution in [0.2, 0.25) is 0 Å². The van der Waals surface area contributed by atoms with E-state index in [2.05, 4.69) is 20.0 Å². The van der Waals surface area contributed by atoms with Crippen LogP contribution in [0.3, 0.4) is 0 Å². The number of carbonyl (C=O) groups is 1. The van der Waals surface area contributed by atoms with Crippen molar-refractivity contribution in [1.29, 1.82) is 0 Å². The van der Waals surface area contributed by atoms with Crippen LogP contribution in [0.15, 0.2) is 0 Å². The molecule has 4 radical (unpaired) electrons. The quantitative estimate of drug-likeness (QED) is 0.254. The average molecular weight is 266 g/mol. The Labute approximate surface area is 106 Å². The summed E-state index contributed by atoms with van der Waals surface area (Å²) in [5, 5.41) is 8.64. The Morgan fingerprint density at radius 1 is 1.00 bits per heavy atom. The van der Waals surface area contributed by atoms with Gasteiger partial charge in [0.25, 0.3) is 0 Å². The predicted molar refractivity (Wildman–Crippen MR) is 46.7 cm³/mol. The van der Waals surface area contributed by atoms with Crippen molar-refractivity contribution in [3.05, 3.63) is 45.6 Å². The summed E-state index contributed by atoms with van der Waals surface area (Å²) in [5.74, 6) is 0. The smallest absolute Gasteiger partial charge is 0 e. The van der Waals surface area contributed by atoms with Crippen LogP contribution in [0.25, 0.3) is 0 Å². The maximum absolute atomic E-state index is 9.67. The van der Waals surface area contributed by atoms with E-state index < -0.39 is 6.10 Å². The molecule has 0 aromatic rings. The molecule has 0 heterocycles. The van der Waals surface area contributed by atoms with E-state index in [4.69, 9.17) is 19.1 Å².